The van der Waals surface area contributed by atoms with Crippen LogP contribution in [0.3, 0.4) is 0 Å². The highest BCUT2D eigenvalue weighted by molar-refractivity contribution is 6.59. The molecule has 1 aromatic carbocycles. The molecular formula is C21H33BN2O6. The average molecular weight is 420 g/mol. The van der Waals surface area contributed by atoms with E-state index in [-0.39, 0.29) is 17.1 Å². The van der Waals surface area contributed by atoms with E-state index in [0.717, 1.165) is 0 Å². The predicted molar refractivity (Wildman–Crippen MR) is 116 cm³/mol. The van der Waals surface area contributed by atoms with Gasteiger partial charge >= 0.3 is 19.2 Å². The van der Waals surface area contributed by atoms with Crippen molar-refractivity contribution in [3.05, 3.63) is 23.3 Å². The third kappa shape index (κ3) is 6.37. The zero-order chi connectivity index (χ0) is 22.9. The topological polar surface area (TPSA) is 99.5 Å². The second kappa shape index (κ2) is 8.85. The molecule has 2 rings (SSSR count). The first-order valence-electron chi connectivity index (χ1n) is 10.1. The van der Waals surface area contributed by atoms with Crippen molar-refractivity contribution in [3.63, 3.8) is 0 Å². The van der Waals surface area contributed by atoms with E-state index in [9.17, 15) is 19.6 Å². The number of esters is 1. The third-order valence-corrected chi connectivity index (χ3v) is 4.61. The van der Waals surface area contributed by atoms with E-state index in [4.69, 9.17) is 9.47 Å². The second-order valence-corrected chi connectivity index (χ2v) is 9.54. The maximum Gasteiger partial charge on any atom is 0.488 e. The largest absolute Gasteiger partial charge is 0.488 e. The molecule has 1 aliphatic heterocycles. The summed E-state index contributed by atoms with van der Waals surface area (Å²) in [6, 6.07) is 3.16. The molecule has 0 aromatic heterocycles. The summed E-state index contributed by atoms with van der Waals surface area (Å²) in [7, 11) is -1.71. The lowest BCUT2D eigenvalue weighted by atomic mass is 9.75. The van der Waals surface area contributed by atoms with E-state index < -0.39 is 24.3 Å². The number of nitrogens with zero attached hydrogens (tertiary/aromatic N) is 2. The van der Waals surface area contributed by atoms with E-state index in [2.05, 4.69) is 0 Å². The first-order valence-corrected chi connectivity index (χ1v) is 10.1. The quantitative estimate of drug-likeness (QED) is 0.567. The molecule has 1 amide bonds. The van der Waals surface area contributed by atoms with Gasteiger partial charge in [0.15, 0.2) is 0 Å². The molecule has 0 atom stereocenters. The fourth-order valence-electron chi connectivity index (χ4n) is 3.23. The van der Waals surface area contributed by atoms with Gasteiger partial charge in [-0.25, -0.2) is 9.59 Å². The van der Waals surface area contributed by atoms with Crippen LogP contribution in [0.1, 0.15) is 57.5 Å². The van der Waals surface area contributed by atoms with Crippen LogP contribution in [0.5, 0.6) is 0 Å². The molecule has 0 saturated carbocycles. The van der Waals surface area contributed by atoms with Crippen molar-refractivity contribution in [2.75, 3.05) is 31.1 Å². The number of ether oxygens (including phenoxy) is 2. The maximum atomic E-state index is 12.6. The van der Waals surface area contributed by atoms with Crippen LogP contribution in [0.25, 0.3) is 0 Å². The molecule has 8 nitrogen and oxygen atoms in total. The van der Waals surface area contributed by atoms with Gasteiger partial charge in [-0.3, -0.25) is 0 Å². The van der Waals surface area contributed by atoms with Crippen LogP contribution in [0.2, 0.25) is 0 Å². The van der Waals surface area contributed by atoms with Gasteiger partial charge in [0.05, 0.1) is 5.56 Å². The number of piperazine rings is 1. The zero-order valence-electron chi connectivity index (χ0n) is 19.0. The molecule has 1 aromatic rings. The lowest BCUT2D eigenvalue weighted by molar-refractivity contribution is 0.00691. The first-order chi connectivity index (χ1) is 13.7. The smallest absolute Gasteiger partial charge is 0.456 e. The molecule has 1 fully saturated rings. The Balaban J connectivity index is 2.25. The van der Waals surface area contributed by atoms with Crippen molar-refractivity contribution in [2.24, 2.45) is 0 Å². The number of hydrogen-bond acceptors (Lipinski definition) is 7. The van der Waals surface area contributed by atoms with Crippen molar-refractivity contribution < 1.29 is 29.1 Å². The molecule has 30 heavy (non-hydrogen) atoms. The van der Waals surface area contributed by atoms with Gasteiger partial charge < -0.3 is 29.3 Å². The van der Waals surface area contributed by atoms with E-state index in [0.29, 0.717) is 37.4 Å². The maximum absolute atomic E-state index is 12.6. The number of carbonyl (C=O) groups is 2. The van der Waals surface area contributed by atoms with E-state index in [1.165, 1.54) is 6.07 Å². The van der Waals surface area contributed by atoms with E-state index >= 15 is 0 Å². The van der Waals surface area contributed by atoms with Crippen molar-refractivity contribution in [2.45, 2.75) is 59.7 Å². The van der Waals surface area contributed by atoms with Gasteiger partial charge in [0.1, 0.15) is 11.2 Å². The fraction of sp³-hybridized carbons (Fsp3) is 0.619. The minimum absolute atomic E-state index is 0.253. The predicted octanol–water partition coefficient (Wildman–Crippen LogP) is 1.69. The Morgan fingerprint density at radius 2 is 1.47 bits per heavy atom. The lowest BCUT2D eigenvalue weighted by Gasteiger charge is -2.37. The Morgan fingerprint density at radius 1 is 0.933 bits per heavy atom. The van der Waals surface area contributed by atoms with Gasteiger partial charge in [0.2, 0.25) is 0 Å². The van der Waals surface area contributed by atoms with Crippen LogP contribution in [-0.2, 0) is 9.47 Å². The summed E-state index contributed by atoms with van der Waals surface area (Å²) >= 11 is 0. The number of benzene rings is 1. The summed E-state index contributed by atoms with van der Waals surface area (Å²) in [4.78, 5) is 28.6. The molecule has 0 aliphatic carbocycles. The Morgan fingerprint density at radius 3 is 1.93 bits per heavy atom. The molecule has 1 aliphatic rings. The van der Waals surface area contributed by atoms with Crippen molar-refractivity contribution >= 4 is 30.3 Å². The molecule has 1 heterocycles. The summed E-state index contributed by atoms with van der Waals surface area (Å²) < 4.78 is 10.9. The van der Waals surface area contributed by atoms with Gasteiger partial charge in [-0.15, -0.1) is 0 Å². The molecule has 1 saturated heterocycles. The van der Waals surface area contributed by atoms with Gasteiger partial charge in [-0.05, 0) is 71.6 Å². The van der Waals surface area contributed by atoms with Crippen LogP contribution in [0, 0.1) is 6.92 Å². The highest BCUT2D eigenvalue weighted by atomic mass is 16.6. The Hall–Kier alpha value is -2.26. The second-order valence-electron chi connectivity index (χ2n) is 9.54. The third-order valence-electron chi connectivity index (χ3n) is 4.61. The Kier molecular flexibility index (Phi) is 7.09. The monoisotopic (exact) mass is 420 g/mol. The molecular weight excluding hydrogens is 387 g/mol. The van der Waals surface area contributed by atoms with E-state index in [1.807, 2.05) is 25.7 Å². The number of hydrogen-bond donors (Lipinski definition) is 2. The van der Waals surface area contributed by atoms with Crippen LogP contribution >= 0.6 is 0 Å². The SMILES string of the molecule is Cc1c(B(O)O)cc(C(=O)OC(C)(C)C)cc1N1CCN(C(=O)OC(C)(C)C)CC1. The molecule has 0 bridgehead atoms. The summed E-state index contributed by atoms with van der Waals surface area (Å²) in [5.74, 6) is -0.530. The number of rotatable bonds is 3. The molecule has 166 valence electrons. The van der Waals surface area contributed by atoms with Crippen LogP contribution in [0.4, 0.5) is 10.5 Å². The number of anilines is 1. The van der Waals surface area contributed by atoms with Crippen molar-refractivity contribution in [3.8, 4) is 0 Å². The van der Waals surface area contributed by atoms with Gasteiger partial charge in [-0.1, -0.05) is 0 Å². The van der Waals surface area contributed by atoms with E-state index in [1.54, 1.807) is 38.7 Å². The van der Waals surface area contributed by atoms with Crippen molar-refractivity contribution in [1.82, 2.24) is 4.90 Å². The highest BCUT2D eigenvalue weighted by Gasteiger charge is 2.29. The summed E-state index contributed by atoms with van der Waals surface area (Å²) in [5.41, 5.74) is 0.664. The summed E-state index contributed by atoms with van der Waals surface area (Å²) in [6.45, 7) is 14.6. The minimum atomic E-state index is -1.71. The Labute approximate surface area is 178 Å². The van der Waals surface area contributed by atoms with Crippen LogP contribution in [-0.4, -0.2) is 71.5 Å². The standard InChI is InChI=1S/C21H33BN2O6/c1-14-16(22(27)28)12-15(18(25)29-20(2,3)4)13-17(14)23-8-10-24(11-9-23)19(26)30-21(5,6)7/h12-13,27-28H,8-11H2,1-7H3. The first kappa shape index (κ1) is 24.0. The minimum Gasteiger partial charge on any atom is -0.456 e. The number of amides is 1. The molecule has 0 spiro atoms. The van der Waals surface area contributed by atoms with Crippen molar-refractivity contribution in [1.29, 1.82) is 0 Å². The Bertz CT molecular complexity index is 790. The lowest BCUT2D eigenvalue weighted by Crippen LogP contribution is -2.50. The number of carbonyl (C=O) groups excluding carboxylic acids is 2. The molecule has 0 radical (unpaired) electrons. The van der Waals surface area contributed by atoms with Gasteiger partial charge in [-0.2, -0.15) is 0 Å². The molecule has 2 N–H and O–H groups in total. The van der Waals surface area contributed by atoms with Crippen LogP contribution < -0.4 is 10.4 Å². The van der Waals surface area contributed by atoms with Gasteiger partial charge in [0, 0.05) is 31.9 Å². The summed E-state index contributed by atoms with van der Waals surface area (Å²) in [5, 5.41) is 19.6. The fourth-order valence-corrected chi connectivity index (χ4v) is 3.23. The zero-order valence-corrected chi connectivity index (χ0v) is 19.0. The summed E-state index contributed by atoms with van der Waals surface area (Å²) in [6.07, 6.45) is -0.354. The highest BCUT2D eigenvalue weighted by Crippen LogP contribution is 2.24. The molecule has 0 unspecified atom stereocenters. The van der Waals surface area contributed by atoms with Gasteiger partial charge in [0.25, 0.3) is 0 Å². The normalized spacial score (nSPS) is 15.1. The average Bonchev–Trinajstić information content (AvgIpc) is 2.58. The molecule has 9 heteroatoms. The van der Waals surface area contributed by atoms with Crippen LogP contribution in [0.15, 0.2) is 12.1 Å².